The summed E-state index contributed by atoms with van der Waals surface area (Å²) in [6, 6.07) is 10.3. The Morgan fingerprint density at radius 1 is 0.884 bits per heavy atom. The lowest BCUT2D eigenvalue weighted by Crippen LogP contribution is -2.69. The highest BCUT2D eigenvalue weighted by Crippen LogP contribution is 2.76. The number of carbonyl (C=O) groups excluding carboxylic acids is 3. The van der Waals surface area contributed by atoms with Gasteiger partial charge in [0.25, 0.3) is 0 Å². The van der Waals surface area contributed by atoms with Crippen LogP contribution in [0.25, 0.3) is 4.85 Å². The van der Waals surface area contributed by atoms with Gasteiger partial charge in [-0.3, -0.25) is 9.59 Å². The van der Waals surface area contributed by atoms with E-state index in [-0.39, 0.29) is 56.8 Å². The van der Waals surface area contributed by atoms with E-state index < -0.39 is 10.8 Å². The number of carbonyl (C=O) groups is 3. The zero-order chi connectivity index (χ0) is 31.2. The van der Waals surface area contributed by atoms with Gasteiger partial charge in [0.05, 0.1) is 6.57 Å². The molecule has 230 valence electrons. The average molecular weight is 582 g/mol. The average Bonchev–Trinajstić information content (AvgIpc) is 2.95. The highest BCUT2D eigenvalue weighted by Gasteiger charge is 2.72. The summed E-state index contributed by atoms with van der Waals surface area (Å²) in [6.45, 7) is 23.6. The van der Waals surface area contributed by atoms with Gasteiger partial charge >= 0.3 is 0 Å². The van der Waals surface area contributed by atoms with Crippen LogP contribution in [0.2, 0.25) is 0 Å². The van der Waals surface area contributed by atoms with Gasteiger partial charge in [0.2, 0.25) is 5.70 Å². The van der Waals surface area contributed by atoms with Crippen molar-refractivity contribution in [2.45, 2.75) is 113 Å². The van der Waals surface area contributed by atoms with Crippen molar-refractivity contribution < 1.29 is 14.4 Å². The van der Waals surface area contributed by atoms with Crippen LogP contribution in [0, 0.1) is 62.7 Å². The number of allylic oxidation sites excluding steroid dienone is 2. The molecule has 0 radical (unpaired) electrons. The lowest BCUT2D eigenvalue weighted by Gasteiger charge is -2.72. The zero-order valence-electron chi connectivity index (χ0n) is 27.5. The molecule has 4 saturated carbocycles. The third kappa shape index (κ3) is 4.15. The Bertz CT molecular complexity index is 1430. The number of hydrogen-bond acceptors (Lipinski definition) is 3. The Kier molecular flexibility index (Phi) is 6.90. The third-order valence-corrected chi connectivity index (χ3v) is 14.5. The van der Waals surface area contributed by atoms with E-state index >= 15 is 0 Å². The predicted octanol–water partition coefficient (Wildman–Crippen LogP) is 8.84. The summed E-state index contributed by atoms with van der Waals surface area (Å²) in [5, 5.41) is 0. The first-order chi connectivity index (χ1) is 20.1. The zero-order valence-corrected chi connectivity index (χ0v) is 27.5. The molecule has 5 aliphatic carbocycles. The van der Waals surface area contributed by atoms with Crippen molar-refractivity contribution in [3.8, 4) is 0 Å². The molecule has 1 aromatic carbocycles. The quantitative estimate of drug-likeness (QED) is 0.334. The van der Waals surface area contributed by atoms with Crippen LogP contribution < -0.4 is 0 Å². The van der Waals surface area contributed by atoms with E-state index in [2.05, 4.69) is 51.6 Å². The number of rotatable bonds is 4. The second kappa shape index (κ2) is 9.73. The number of nitrogens with zero attached hydrogens (tertiary/aromatic N) is 1. The Morgan fingerprint density at radius 2 is 1.56 bits per heavy atom. The Balaban J connectivity index is 1.40. The molecule has 0 N–H and O–H groups in total. The summed E-state index contributed by atoms with van der Waals surface area (Å²) < 4.78 is 0. The molecule has 0 aromatic heterocycles. The molecule has 6 rings (SSSR count). The summed E-state index contributed by atoms with van der Waals surface area (Å²) in [4.78, 5) is 46.3. The Morgan fingerprint density at radius 3 is 2.23 bits per heavy atom. The minimum atomic E-state index is -0.619. The highest BCUT2D eigenvalue weighted by molar-refractivity contribution is 6.02. The van der Waals surface area contributed by atoms with E-state index in [0.717, 1.165) is 51.4 Å². The largest absolute Gasteiger partial charge is 0.307 e. The van der Waals surface area contributed by atoms with E-state index in [4.69, 9.17) is 6.57 Å². The van der Waals surface area contributed by atoms with E-state index in [1.54, 1.807) is 0 Å². The molecule has 0 amide bonds. The molecule has 0 bridgehead atoms. The lowest BCUT2D eigenvalue weighted by molar-refractivity contribution is -0.221. The molecule has 4 heteroatoms. The number of ketones is 3. The van der Waals surface area contributed by atoms with E-state index in [0.29, 0.717) is 24.4 Å². The SMILES string of the molecule is [C-]#[N+]C1=C[C@]2(C)[C@H]3CC(=O)[C@@H]4[C@@H]5CC(C)(C)CC[C@]5(C(=O)CCc5ccccc5)CC[C@@]4(C)[C@]3(C)CC[C@H]2C(C)(C)C1=O. The number of hydrogen-bond donors (Lipinski definition) is 0. The first-order valence-electron chi connectivity index (χ1n) is 16.8. The molecule has 5 aliphatic rings. The molecule has 0 aliphatic heterocycles. The van der Waals surface area contributed by atoms with Gasteiger partial charge in [0, 0.05) is 29.6 Å². The molecular weight excluding hydrogens is 530 g/mol. The van der Waals surface area contributed by atoms with Crippen LogP contribution in [0.1, 0.15) is 112 Å². The first kappa shape index (κ1) is 30.5. The first-order valence-corrected chi connectivity index (χ1v) is 16.8. The lowest BCUT2D eigenvalue weighted by atomic mass is 9.31. The van der Waals surface area contributed by atoms with Gasteiger partial charge in [-0.1, -0.05) is 84.9 Å². The maximum Gasteiger partial charge on any atom is 0.226 e. The summed E-state index contributed by atoms with van der Waals surface area (Å²) in [7, 11) is 0. The van der Waals surface area contributed by atoms with Crippen LogP contribution >= 0.6 is 0 Å². The smallest absolute Gasteiger partial charge is 0.226 e. The van der Waals surface area contributed by atoms with Crippen LogP contribution in [0.3, 0.4) is 0 Å². The fraction of sp³-hybridized carbons (Fsp3) is 0.692. The van der Waals surface area contributed by atoms with Gasteiger partial charge in [0.15, 0.2) is 5.78 Å². The minimum Gasteiger partial charge on any atom is -0.307 e. The fourth-order valence-electron chi connectivity index (χ4n) is 11.9. The van der Waals surface area contributed by atoms with Crippen LogP contribution in [0.5, 0.6) is 0 Å². The maximum absolute atomic E-state index is 14.8. The van der Waals surface area contributed by atoms with Gasteiger partial charge in [-0.2, -0.15) is 0 Å². The second-order valence-corrected chi connectivity index (χ2v) is 17.2. The van der Waals surface area contributed by atoms with Gasteiger partial charge in [0.1, 0.15) is 11.6 Å². The van der Waals surface area contributed by atoms with Gasteiger partial charge < -0.3 is 4.79 Å². The molecule has 43 heavy (non-hydrogen) atoms. The fourth-order valence-corrected chi connectivity index (χ4v) is 11.9. The Labute approximate surface area is 259 Å². The monoisotopic (exact) mass is 581 g/mol. The van der Waals surface area contributed by atoms with Gasteiger partial charge in [-0.25, -0.2) is 4.85 Å². The molecule has 4 nitrogen and oxygen atoms in total. The van der Waals surface area contributed by atoms with Crippen LogP contribution in [0.4, 0.5) is 0 Å². The van der Waals surface area contributed by atoms with Crippen molar-refractivity contribution >= 4 is 17.3 Å². The standard InChI is InChI=1S/C39H51NO3/c1-34(2)18-20-39(31(42)15-14-25-12-10-9-11-13-25)21-19-38(7)32(26(39)23-34)28(41)22-30-36(5)24-27(40-8)33(43)35(3,4)29(36)16-17-37(30,38)6/h9-13,24,26,29-30,32H,14-23H2,1-7H3/t26-,29-,30+,32-,36-,37+,38+,39-/m0/s1. The van der Waals surface area contributed by atoms with Crippen molar-refractivity contribution in [2.24, 2.45) is 56.2 Å². The molecule has 0 unspecified atom stereocenters. The van der Waals surface area contributed by atoms with Gasteiger partial charge in [-0.05, 0) is 96.3 Å². The molecule has 0 heterocycles. The highest BCUT2D eigenvalue weighted by atomic mass is 16.1. The summed E-state index contributed by atoms with van der Waals surface area (Å²) in [6.07, 6.45) is 10.3. The summed E-state index contributed by atoms with van der Waals surface area (Å²) in [5.41, 5.74) is -0.188. The van der Waals surface area contributed by atoms with E-state index in [1.807, 2.05) is 38.1 Å². The van der Waals surface area contributed by atoms with E-state index in [1.165, 1.54) is 5.56 Å². The molecule has 0 spiro atoms. The van der Waals surface area contributed by atoms with E-state index in [9.17, 15) is 14.4 Å². The second-order valence-electron chi connectivity index (χ2n) is 17.2. The van der Waals surface area contributed by atoms with Crippen LogP contribution in [0.15, 0.2) is 42.1 Å². The van der Waals surface area contributed by atoms with Crippen LogP contribution in [-0.4, -0.2) is 17.3 Å². The minimum absolute atomic E-state index is 0.0410. The summed E-state index contributed by atoms with van der Waals surface area (Å²) in [5.74, 6) is 0.821. The maximum atomic E-state index is 14.8. The summed E-state index contributed by atoms with van der Waals surface area (Å²) >= 11 is 0. The number of benzene rings is 1. The van der Waals surface area contributed by atoms with Crippen molar-refractivity contribution in [2.75, 3.05) is 0 Å². The van der Waals surface area contributed by atoms with Crippen LogP contribution in [-0.2, 0) is 20.8 Å². The molecule has 4 fully saturated rings. The predicted molar refractivity (Wildman–Crippen MR) is 170 cm³/mol. The molecule has 0 saturated heterocycles. The Hall–Kier alpha value is -2.54. The number of fused-ring (bicyclic) bond motifs is 7. The molecular formula is C39H51NO3. The normalized spacial score (nSPS) is 42.8. The van der Waals surface area contributed by atoms with Crippen molar-refractivity contribution in [3.63, 3.8) is 0 Å². The van der Waals surface area contributed by atoms with Crippen molar-refractivity contribution in [3.05, 3.63) is 59.1 Å². The molecule has 1 aromatic rings. The third-order valence-electron chi connectivity index (χ3n) is 14.5. The number of Topliss-reactive ketones (excluding diaryl/α,β-unsaturated/α-hetero) is 3. The molecule has 8 atom stereocenters. The van der Waals surface area contributed by atoms with Crippen molar-refractivity contribution in [1.82, 2.24) is 0 Å². The van der Waals surface area contributed by atoms with Crippen molar-refractivity contribution in [1.29, 1.82) is 0 Å². The number of aryl methyl sites for hydroxylation is 1. The topological polar surface area (TPSA) is 55.6 Å². The van der Waals surface area contributed by atoms with Gasteiger partial charge in [-0.15, -0.1) is 0 Å².